The van der Waals surface area contributed by atoms with Gasteiger partial charge < -0.3 is 5.11 Å². The van der Waals surface area contributed by atoms with Crippen LogP contribution in [0.5, 0.6) is 0 Å². The van der Waals surface area contributed by atoms with Crippen molar-refractivity contribution in [1.82, 2.24) is 0 Å². The molecule has 0 aliphatic heterocycles. The summed E-state index contributed by atoms with van der Waals surface area (Å²) in [5, 5.41) is 10.4. The Labute approximate surface area is 76.2 Å². The first-order valence-corrected chi connectivity index (χ1v) is 5.16. The molecular weight excluding hydrogens is 148 g/mol. The minimum absolute atomic E-state index is 0.0972. The van der Waals surface area contributed by atoms with E-state index in [0.717, 1.165) is 12.8 Å². The summed E-state index contributed by atoms with van der Waals surface area (Å²) < 4.78 is 0. The van der Waals surface area contributed by atoms with Gasteiger partial charge in [-0.05, 0) is 30.6 Å². The molecule has 2 atom stereocenters. The summed E-state index contributed by atoms with van der Waals surface area (Å²) in [6.07, 6.45) is 4.34. The predicted octanol–water partition coefficient (Wildman–Crippen LogP) is 2.97. The fourth-order valence-corrected chi connectivity index (χ4v) is 2.47. The van der Waals surface area contributed by atoms with Gasteiger partial charge in [-0.25, -0.2) is 0 Å². The zero-order valence-corrected chi connectivity index (χ0v) is 8.85. The second-order valence-electron chi connectivity index (χ2n) is 4.90. The van der Waals surface area contributed by atoms with Gasteiger partial charge in [0.15, 0.2) is 0 Å². The van der Waals surface area contributed by atoms with Gasteiger partial charge in [-0.3, -0.25) is 0 Å². The highest BCUT2D eigenvalue weighted by molar-refractivity contribution is 4.98. The van der Waals surface area contributed by atoms with Crippen LogP contribution < -0.4 is 0 Å². The van der Waals surface area contributed by atoms with E-state index in [1.807, 2.05) is 0 Å². The lowest BCUT2D eigenvalue weighted by Crippen LogP contribution is -2.50. The fourth-order valence-electron chi connectivity index (χ4n) is 2.47. The van der Waals surface area contributed by atoms with Crippen LogP contribution in [0.25, 0.3) is 0 Å². The van der Waals surface area contributed by atoms with E-state index < -0.39 is 5.60 Å². The number of hydrogen-bond acceptors (Lipinski definition) is 1. The van der Waals surface area contributed by atoms with Gasteiger partial charge in [0, 0.05) is 0 Å². The summed E-state index contributed by atoms with van der Waals surface area (Å²) in [6.45, 7) is 8.78. The van der Waals surface area contributed by atoms with Crippen molar-refractivity contribution in [3.63, 3.8) is 0 Å². The molecular formula is C11H22O. The summed E-state index contributed by atoms with van der Waals surface area (Å²) >= 11 is 0. The average Bonchev–Trinajstić information content (AvgIpc) is 2.01. The molecule has 1 aliphatic rings. The van der Waals surface area contributed by atoms with Crippen molar-refractivity contribution in [3.05, 3.63) is 0 Å². The van der Waals surface area contributed by atoms with E-state index in [0.29, 0.717) is 5.92 Å². The predicted molar refractivity (Wildman–Crippen MR) is 52.0 cm³/mol. The first-order valence-electron chi connectivity index (χ1n) is 5.16. The summed E-state index contributed by atoms with van der Waals surface area (Å²) in [6, 6.07) is 0. The summed E-state index contributed by atoms with van der Waals surface area (Å²) in [5.41, 5.74) is -0.315. The fraction of sp³-hybridized carbons (Fsp3) is 1.00. The van der Waals surface area contributed by atoms with Crippen LogP contribution in [0.4, 0.5) is 0 Å². The van der Waals surface area contributed by atoms with Gasteiger partial charge in [0.25, 0.3) is 0 Å². The molecule has 0 aromatic carbocycles. The minimum Gasteiger partial charge on any atom is -0.389 e. The first kappa shape index (κ1) is 10.0. The zero-order valence-electron chi connectivity index (χ0n) is 8.85. The quantitative estimate of drug-likeness (QED) is 0.641. The van der Waals surface area contributed by atoms with Gasteiger partial charge in [-0.15, -0.1) is 0 Å². The SMILES string of the molecule is CCC1(O)CCCC(C)C1(C)C. The molecule has 1 rings (SSSR count). The second kappa shape index (κ2) is 3.02. The topological polar surface area (TPSA) is 20.2 Å². The maximum absolute atomic E-state index is 10.4. The standard InChI is InChI=1S/C11H22O/c1-5-11(12)8-6-7-9(2)10(11,3)4/h9,12H,5-8H2,1-4H3. The van der Waals surface area contributed by atoms with Crippen molar-refractivity contribution in [1.29, 1.82) is 0 Å². The summed E-state index contributed by atoms with van der Waals surface area (Å²) in [5.74, 6) is 0.649. The minimum atomic E-state index is -0.412. The molecule has 1 fully saturated rings. The monoisotopic (exact) mass is 170 g/mol. The molecule has 1 saturated carbocycles. The Hall–Kier alpha value is -0.0400. The Bertz CT molecular complexity index is 160. The maximum Gasteiger partial charge on any atom is 0.0698 e. The third-order valence-electron chi connectivity index (χ3n) is 4.24. The van der Waals surface area contributed by atoms with E-state index in [-0.39, 0.29) is 5.41 Å². The van der Waals surface area contributed by atoms with Crippen molar-refractivity contribution >= 4 is 0 Å². The molecule has 1 nitrogen and oxygen atoms in total. The summed E-state index contributed by atoms with van der Waals surface area (Å²) in [7, 11) is 0. The second-order valence-corrected chi connectivity index (χ2v) is 4.90. The third kappa shape index (κ3) is 1.28. The van der Waals surface area contributed by atoms with E-state index in [4.69, 9.17) is 0 Å². The lowest BCUT2D eigenvalue weighted by Gasteiger charge is -2.50. The van der Waals surface area contributed by atoms with E-state index in [9.17, 15) is 5.11 Å². The smallest absolute Gasteiger partial charge is 0.0698 e. The third-order valence-corrected chi connectivity index (χ3v) is 4.24. The van der Waals surface area contributed by atoms with E-state index >= 15 is 0 Å². The highest BCUT2D eigenvalue weighted by Crippen LogP contribution is 2.48. The van der Waals surface area contributed by atoms with E-state index in [1.165, 1.54) is 12.8 Å². The van der Waals surface area contributed by atoms with Gasteiger partial charge in [-0.1, -0.05) is 34.1 Å². The van der Waals surface area contributed by atoms with Crippen LogP contribution in [0, 0.1) is 11.3 Å². The van der Waals surface area contributed by atoms with Crippen LogP contribution in [0.1, 0.15) is 53.4 Å². The molecule has 0 heterocycles. The molecule has 72 valence electrons. The largest absolute Gasteiger partial charge is 0.389 e. The van der Waals surface area contributed by atoms with Crippen LogP contribution in [0.3, 0.4) is 0 Å². The molecule has 0 aromatic rings. The molecule has 0 saturated heterocycles. The summed E-state index contributed by atoms with van der Waals surface area (Å²) in [4.78, 5) is 0. The van der Waals surface area contributed by atoms with Crippen molar-refractivity contribution < 1.29 is 5.11 Å². The van der Waals surface area contributed by atoms with Crippen LogP contribution in [0.15, 0.2) is 0 Å². The van der Waals surface area contributed by atoms with Gasteiger partial charge in [-0.2, -0.15) is 0 Å². The van der Waals surface area contributed by atoms with Crippen molar-refractivity contribution in [2.75, 3.05) is 0 Å². The van der Waals surface area contributed by atoms with E-state index in [1.54, 1.807) is 0 Å². The highest BCUT2D eigenvalue weighted by Gasteiger charge is 2.47. The van der Waals surface area contributed by atoms with Gasteiger partial charge in [0.1, 0.15) is 0 Å². The van der Waals surface area contributed by atoms with Crippen molar-refractivity contribution in [2.24, 2.45) is 11.3 Å². The molecule has 0 amide bonds. The van der Waals surface area contributed by atoms with Crippen LogP contribution in [-0.2, 0) is 0 Å². The maximum atomic E-state index is 10.4. The lowest BCUT2D eigenvalue weighted by molar-refractivity contribution is -0.124. The molecule has 12 heavy (non-hydrogen) atoms. The van der Waals surface area contributed by atoms with E-state index in [2.05, 4.69) is 27.7 Å². The molecule has 1 aliphatic carbocycles. The molecule has 0 spiro atoms. The van der Waals surface area contributed by atoms with Gasteiger partial charge >= 0.3 is 0 Å². The first-order chi connectivity index (χ1) is 5.44. The van der Waals surface area contributed by atoms with Crippen molar-refractivity contribution in [3.8, 4) is 0 Å². The Morgan fingerprint density at radius 1 is 1.42 bits per heavy atom. The van der Waals surface area contributed by atoms with Crippen LogP contribution in [0.2, 0.25) is 0 Å². The number of hydrogen-bond donors (Lipinski definition) is 1. The Morgan fingerprint density at radius 2 is 2.00 bits per heavy atom. The molecule has 1 heteroatoms. The molecule has 1 N–H and O–H groups in total. The molecule has 0 bridgehead atoms. The van der Waals surface area contributed by atoms with Gasteiger partial charge in [0.05, 0.1) is 5.60 Å². The average molecular weight is 170 g/mol. The normalized spacial score (nSPS) is 41.2. The highest BCUT2D eigenvalue weighted by atomic mass is 16.3. The van der Waals surface area contributed by atoms with Gasteiger partial charge in [0.2, 0.25) is 0 Å². The Kier molecular flexibility index (Phi) is 2.53. The van der Waals surface area contributed by atoms with Crippen LogP contribution in [-0.4, -0.2) is 10.7 Å². The molecule has 0 aromatic heterocycles. The number of rotatable bonds is 1. The molecule has 2 unspecified atom stereocenters. The zero-order chi connectivity index (χ0) is 9.41. The lowest BCUT2D eigenvalue weighted by atomic mass is 9.59. The Morgan fingerprint density at radius 3 is 2.42 bits per heavy atom. The molecule has 0 radical (unpaired) electrons. The van der Waals surface area contributed by atoms with Crippen molar-refractivity contribution in [2.45, 2.75) is 59.0 Å². The van der Waals surface area contributed by atoms with Crippen LogP contribution >= 0.6 is 0 Å². The Balaban J connectivity index is 2.86. The number of aliphatic hydroxyl groups is 1.